The molecule has 11 heteroatoms. The van der Waals surface area contributed by atoms with Crippen molar-refractivity contribution in [2.75, 3.05) is 11.9 Å². The van der Waals surface area contributed by atoms with Crippen LogP contribution in [-0.2, 0) is 9.59 Å². The molecule has 0 radical (unpaired) electrons. The molecule has 2 aromatic carbocycles. The Morgan fingerprint density at radius 1 is 1.16 bits per heavy atom. The Labute approximate surface area is 173 Å². The van der Waals surface area contributed by atoms with Crippen LogP contribution in [0.3, 0.4) is 0 Å². The minimum Gasteiger partial charge on any atom is -0.475 e. The fourth-order valence-corrected chi connectivity index (χ4v) is 2.29. The first kappa shape index (κ1) is 23.4. The number of oxazole rings is 1. The van der Waals surface area contributed by atoms with Gasteiger partial charge in [-0.15, -0.1) is 6.58 Å². The van der Waals surface area contributed by atoms with E-state index in [0.717, 1.165) is 0 Å². The monoisotopic (exact) mass is 439 g/mol. The lowest BCUT2D eigenvalue weighted by Crippen LogP contribution is -2.33. The Morgan fingerprint density at radius 2 is 1.77 bits per heavy atom. The van der Waals surface area contributed by atoms with E-state index in [1.807, 2.05) is 18.2 Å². The Bertz CT molecular complexity index is 1020. The number of carboxylic acids is 1. The van der Waals surface area contributed by atoms with E-state index < -0.39 is 18.2 Å². The van der Waals surface area contributed by atoms with Crippen molar-refractivity contribution in [2.45, 2.75) is 12.2 Å². The topological polar surface area (TPSA) is 104 Å². The minimum absolute atomic E-state index is 0.222. The van der Waals surface area contributed by atoms with Gasteiger partial charge in [0.1, 0.15) is 17.4 Å². The number of aliphatic carboxylic acids is 1. The van der Waals surface area contributed by atoms with Gasteiger partial charge in [-0.25, -0.2) is 9.18 Å². The van der Waals surface area contributed by atoms with Crippen molar-refractivity contribution in [1.82, 2.24) is 10.3 Å². The molecular formula is C20H17F4N3O4. The van der Waals surface area contributed by atoms with E-state index >= 15 is 0 Å². The van der Waals surface area contributed by atoms with Crippen LogP contribution in [0.15, 0.2) is 65.6 Å². The first-order valence-corrected chi connectivity index (χ1v) is 8.68. The van der Waals surface area contributed by atoms with Gasteiger partial charge in [0.2, 0.25) is 5.91 Å². The SMILES string of the molecule is C=CCNC(=O)C(Nc1nc2ccccc2o1)c1ccc(F)cc1.O=C(O)C(F)(F)F. The molecular weight excluding hydrogens is 422 g/mol. The van der Waals surface area contributed by atoms with Crippen LogP contribution >= 0.6 is 0 Å². The maximum absolute atomic E-state index is 13.2. The number of nitrogens with one attached hydrogen (secondary N) is 2. The molecule has 0 aliphatic rings. The van der Waals surface area contributed by atoms with E-state index in [4.69, 9.17) is 14.3 Å². The number of fused-ring (bicyclic) bond motifs is 1. The number of carboxylic acid groups (broad SMARTS) is 1. The lowest BCUT2D eigenvalue weighted by atomic mass is 10.1. The average molecular weight is 439 g/mol. The molecule has 1 unspecified atom stereocenters. The van der Waals surface area contributed by atoms with Gasteiger partial charge in [0.25, 0.3) is 6.01 Å². The third-order valence-electron chi connectivity index (χ3n) is 3.69. The number of rotatable bonds is 6. The third kappa shape index (κ3) is 6.84. The summed E-state index contributed by atoms with van der Waals surface area (Å²) in [5, 5.41) is 12.8. The molecule has 0 aliphatic heterocycles. The van der Waals surface area contributed by atoms with Gasteiger partial charge in [-0.05, 0) is 29.8 Å². The van der Waals surface area contributed by atoms with Crippen molar-refractivity contribution in [1.29, 1.82) is 0 Å². The highest BCUT2D eigenvalue weighted by atomic mass is 19.4. The Morgan fingerprint density at radius 3 is 2.32 bits per heavy atom. The summed E-state index contributed by atoms with van der Waals surface area (Å²) in [5.41, 5.74) is 1.90. The Kier molecular flexibility index (Phi) is 7.72. The Balaban J connectivity index is 0.000000423. The summed E-state index contributed by atoms with van der Waals surface area (Å²) in [5.74, 6) is -3.41. The zero-order chi connectivity index (χ0) is 23.0. The standard InChI is InChI=1S/C18H16FN3O2.C2HF3O2/c1-2-11-20-17(23)16(12-7-9-13(19)10-8-12)22-18-21-14-5-3-4-6-15(14)24-18;3-2(4,5)1(6)7/h2-10,16H,1,11H2,(H,20,23)(H,21,22);(H,6,7). The molecule has 0 aliphatic carbocycles. The number of nitrogens with zero attached hydrogens (tertiary/aromatic N) is 1. The van der Waals surface area contributed by atoms with Crippen LogP contribution in [0, 0.1) is 5.82 Å². The van der Waals surface area contributed by atoms with E-state index in [9.17, 15) is 22.4 Å². The van der Waals surface area contributed by atoms with Crippen molar-refractivity contribution in [3.8, 4) is 0 Å². The number of hydrogen-bond acceptors (Lipinski definition) is 5. The van der Waals surface area contributed by atoms with Gasteiger partial charge >= 0.3 is 12.1 Å². The predicted octanol–water partition coefficient (Wildman–Crippen LogP) is 4.06. The molecule has 1 heterocycles. The van der Waals surface area contributed by atoms with Gasteiger partial charge in [-0.2, -0.15) is 18.2 Å². The predicted molar refractivity (Wildman–Crippen MR) is 104 cm³/mol. The van der Waals surface area contributed by atoms with Crippen LogP contribution in [0.1, 0.15) is 11.6 Å². The zero-order valence-corrected chi connectivity index (χ0v) is 15.8. The van der Waals surface area contributed by atoms with Gasteiger partial charge in [0.05, 0.1) is 0 Å². The van der Waals surface area contributed by atoms with E-state index in [1.165, 1.54) is 12.1 Å². The smallest absolute Gasteiger partial charge is 0.475 e. The van der Waals surface area contributed by atoms with Crippen LogP contribution in [0.2, 0.25) is 0 Å². The van der Waals surface area contributed by atoms with E-state index in [-0.39, 0.29) is 17.7 Å². The summed E-state index contributed by atoms with van der Waals surface area (Å²) in [7, 11) is 0. The molecule has 3 N–H and O–H groups in total. The quantitative estimate of drug-likeness (QED) is 0.395. The van der Waals surface area contributed by atoms with Crippen LogP contribution in [0.5, 0.6) is 0 Å². The summed E-state index contributed by atoms with van der Waals surface area (Å²) in [6.07, 6.45) is -3.50. The summed E-state index contributed by atoms with van der Waals surface area (Å²) in [6, 6.07) is 12.4. The maximum atomic E-state index is 13.2. The fourth-order valence-electron chi connectivity index (χ4n) is 2.29. The van der Waals surface area contributed by atoms with Gasteiger partial charge in [-0.1, -0.05) is 30.3 Å². The summed E-state index contributed by atoms with van der Waals surface area (Å²) < 4.78 is 50.5. The lowest BCUT2D eigenvalue weighted by molar-refractivity contribution is -0.192. The summed E-state index contributed by atoms with van der Waals surface area (Å²) >= 11 is 0. The number of aromatic nitrogens is 1. The number of anilines is 1. The summed E-state index contributed by atoms with van der Waals surface area (Å²) in [4.78, 5) is 25.6. The number of carbonyl (C=O) groups is 2. The van der Waals surface area contributed by atoms with Crippen LogP contribution in [0.25, 0.3) is 11.1 Å². The second-order valence-corrected chi connectivity index (χ2v) is 5.95. The second kappa shape index (κ2) is 10.2. The van der Waals surface area contributed by atoms with Crippen molar-refractivity contribution < 1.29 is 36.7 Å². The van der Waals surface area contributed by atoms with Crippen molar-refractivity contribution in [3.05, 3.63) is 72.6 Å². The molecule has 31 heavy (non-hydrogen) atoms. The highest BCUT2D eigenvalue weighted by Crippen LogP contribution is 2.23. The van der Waals surface area contributed by atoms with Crippen molar-refractivity contribution in [3.63, 3.8) is 0 Å². The van der Waals surface area contributed by atoms with Gasteiger partial charge in [0, 0.05) is 6.54 Å². The van der Waals surface area contributed by atoms with Gasteiger partial charge in [0.15, 0.2) is 5.58 Å². The molecule has 3 rings (SSSR count). The van der Waals surface area contributed by atoms with Gasteiger partial charge < -0.3 is 20.2 Å². The van der Waals surface area contributed by atoms with Crippen LogP contribution in [-0.4, -0.2) is 34.7 Å². The number of alkyl halides is 3. The molecule has 0 fully saturated rings. The number of benzene rings is 2. The molecule has 0 bridgehead atoms. The highest BCUT2D eigenvalue weighted by Gasteiger charge is 2.38. The normalized spacial score (nSPS) is 11.7. The molecule has 1 aromatic heterocycles. The molecule has 1 amide bonds. The number of carbonyl (C=O) groups excluding carboxylic acids is 1. The lowest BCUT2D eigenvalue weighted by Gasteiger charge is -2.17. The first-order valence-electron chi connectivity index (χ1n) is 8.68. The zero-order valence-electron chi connectivity index (χ0n) is 15.8. The van der Waals surface area contributed by atoms with Crippen LogP contribution in [0.4, 0.5) is 23.6 Å². The number of para-hydroxylation sites is 2. The largest absolute Gasteiger partial charge is 0.490 e. The second-order valence-electron chi connectivity index (χ2n) is 5.95. The maximum Gasteiger partial charge on any atom is 0.490 e. The summed E-state index contributed by atoms with van der Waals surface area (Å²) in [6.45, 7) is 3.90. The molecule has 7 nitrogen and oxygen atoms in total. The number of amides is 1. The molecule has 0 spiro atoms. The van der Waals surface area contributed by atoms with E-state index in [2.05, 4.69) is 22.2 Å². The Hall–Kier alpha value is -3.89. The van der Waals surface area contributed by atoms with E-state index in [1.54, 1.807) is 24.3 Å². The molecule has 1 atom stereocenters. The number of hydrogen-bond donors (Lipinski definition) is 3. The molecule has 0 saturated heterocycles. The fraction of sp³-hybridized carbons (Fsp3) is 0.150. The molecule has 3 aromatic rings. The molecule has 164 valence electrons. The first-order chi connectivity index (χ1) is 14.6. The number of halogens is 4. The van der Waals surface area contributed by atoms with Crippen molar-refractivity contribution in [2.24, 2.45) is 0 Å². The van der Waals surface area contributed by atoms with E-state index in [0.29, 0.717) is 23.2 Å². The third-order valence-corrected chi connectivity index (χ3v) is 3.69. The van der Waals surface area contributed by atoms with Gasteiger partial charge in [-0.3, -0.25) is 4.79 Å². The van der Waals surface area contributed by atoms with Crippen LogP contribution < -0.4 is 10.6 Å². The average Bonchev–Trinajstić information content (AvgIpc) is 3.13. The van der Waals surface area contributed by atoms with Crippen molar-refractivity contribution >= 4 is 29.0 Å². The molecule has 0 saturated carbocycles. The highest BCUT2D eigenvalue weighted by molar-refractivity contribution is 5.86. The minimum atomic E-state index is -5.08.